The second-order valence-corrected chi connectivity index (χ2v) is 6.04. The Bertz CT molecular complexity index is 501. The van der Waals surface area contributed by atoms with Gasteiger partial charge in [-0.15, -0.1) is 0 Å². The van der Waals surface area contributed by atoms with E-state index in [0.717, 1.165) is 24.3 Å². The fourth-order valence-corrected chi connectivity index (χ4v) is 3.27. The second kappa shape index (κ2) is 5.44. The molecule has 2 saturated heterocycles. The van der Waals surface area contributed by atoms with Gasteiger partial charge in [-0.25, -0.2) is 0 Å². The van der Waals surface area contributed by atoms with Gasteiger partial charge in [0, 0.05) is 12.1 Å². The van der Waals surface area contributed by atoms with Crippen LogP contribution in [0.1, 0.15) is 33.1 Å². The van der Waals surface area contributed by atoms with Gasteiger partial charge >= 0.3 is 0 Å². The van der Waals surface area contributed by atoms with E-state index < -0.39 is 0 Å². The van der Waals surface area contributed by atoms with E-state index in [-0.39, 0.29) is 17.9 Å². The molecule has 2 fully saturated rings. The van der Waals surface area contributed by atoms with Crippen LogP contribution in [0.2, 0.25) is 0 Å². The molecule has 108 valence electrons. The van der Waals surface area contributed by atoms with Gasteiger partial charge in [0.25, 0.3) is 0 Å². The molecule has 3 unspecified atom stereocenters. The van der Waals surface area contributed by atoms with Gasteiger partial charge < -0.3 is 15.4 Å². The van der Waals surface area contributed by atoms with Gasteiger partial charge in [0.05, 0.1) is 17.7 Å². The number of hydrogen-bond donors (Lipinski definition) is 2. The molecule has 4 heteroatoms. The molecule has 3 atom stereocenters. The lowest BCUT2D eigenvalue weighted by molar-refractivity contribution is -0.120. The van der Waals surface area contributed by atoms with E-state index in [9.17, 15) is 4.79 Å². The molecule has 0 aliphatic carbocycles. The van der Waals surface area contributed by atoms with Crippen molar-refractivity contribution in [1.82, 2.24) is 5.32 Å². The Labute approximate surface area is 119 Å². The lowest BCUT2D eigenvalue weighted by atomic mass is 9.88. The first-order chi connectivity index (χ1) is 9.63. The molecular formula is C16H22N2O2. The Balaban J connectivity index is 1.70. The van der Waals surface area contributed by atoms with Crippen LogP contribution in [-0.4, -0.2) is 24.1 Å². The van der Waals surface area contributed by atoms with E-state index in [1.54, 1.807) is 0 Å². The van der Waals surface area contributed by atoms with Crippen LogP contribution in [0.3, 0.4) is 0 Å². The minimum atomic E-state index is 0.0946. The first kappa shape index (κ1) is 13.4. The van der Waals surface area contributed by atoms with E-state index in [1.165, 1.54) is 6.42 Å². The molecule has 0 spiro atoms. The standard InChI is InChI=1S/C16H22N2O2/c1-10(2)20-15-6-4-3-5-14(15)18-16(19)12-9-11-7-8-13(12)17-11/h3-6,10-13,17H,7-9H2,1-2H3,(H,18,19). The van der Waals surface area contributed by atoms with E-state index in [4.69, 9.17) is 4.74 Å². The molecule has 0 saturated carbocycles. The first-order valence-corrected chi connectivity index (χ1v) is 7.46. The van der Waals surface area contributed by atoms with Crippen molar-refractivity contribution in [1.29, 1.82) is 0 Å². The van der Waals surface area contributed by atoms with Crippen LogP contribution in [-0.2, 0) is 4.79 Å². The molecule has 2 aliphatic heterocycles. The molecule has 4 nitrogen and oxygen atoms in total. The van der Waals surface area contributed by atoms with Crippen molar-refractivity contribution in [3.63, 3.8) is 0 Å². The summed E-state index contributed by atoms with van der Waals surface area (Å²) in [6.07, 6.45) is 3.38. The maximum atomic E-state index is 12.4. The highest BCUT2D eigenvalue weighted by Crippen LogP contribution is 2.34. The van der Waals surface area contributed by atoms with E-state index in [0.29, 0.717) is 12.1 Å². The third-order valence-electron chi connectivity index (χ3n) is 4.14. The third-order valence-corrected chi connectivity index (χ3v) is 4.14. The number of ether oxygens (including phenoxy) is 1. The maximum absolute atomic E-state index is 12.4. The van der Waals surface area contributed by atoms with Gasteiger partial charge in [0.1, 0.15) is 5.75 Å². The Morgan fingerprint density at radius 3 is 2.80 bits per heavy atom. The summed E-state index contributed by atoms with van der Waals surface area (Å²) >= 11 is 0. The van der Waals surface area contributed by atoms with Crippen molar-refractivity contribution in [2.75, 3.05) is 5.32 Å². The van der Waals surface area contributed by atoms with Gasteiger partial charge in [-0.3, -0.25) is 4.79 Å². The van der Waals surface area contributed by atoms with E-state index in [2.05, 4.69) is 10.6 Å². The third kappa shape index (κ3) is 2.66. The molecule has 0 aromatic heterocycles. The van der Waals surface area contributed by atoms with Gasteiger partial charge in [-0.1, -0.05) is 12.1 Å². The molecule has 2 heterocycles. The first-order valence-electron chi connectivity index (χ1n) is 7.46. The van der Waals surface area contributed by atoms with Gasteiger partial charge in [-0.05, 0) is 45.2 Å². The van der Waals surface area contributed by atoms with Crippen molar-refractivity contribution < 1.29 is 9.53 Å². The number of fused-ring (bicyclic) bond motifs is 2. The largest absolute Gasteiger partial charge is 0.489 e. The average molecular weight is 274 g/mol. The van der Waals surface area contributed by atoms with Crippen LogP contribution >= 0.6 is 0 Å². The molecule has 20 heavy (non-hydrogen) atoms. The smallest absolute Gasteiger partial charge is 0.229 e. The number of carbonyl (C=O) groups is 1. The Hall–Kier alpha value is -1.55. The van der Waals surface area contributed by atoms with Crippen molar-refractivity contribution >= 4 is 11.6 Å². The molecule has 2 aliphatic rings. The lowest BCUT2D eigenvalue weighted by Gasteiger charge is -2.21. The minimum absolute atomic E-state index is 0.0946. The average Bonchev–Trinajstić information content (AvgIpc) is 3.02. The molecule has 3 rings (SSSR count). The van der Waals surface area contributed by atoms with Gasteiger partial charge in [-0.2, -0.15) is 0 Å². The van der Waals surface area contributed by atoms with Crippen LogP contribution in [0.5, 0.6) is 5.75 Å². The lowest BCUT2D eigenvalue weighted by Crippen LogP contribution is -2.33. The molecule has 2 bridgehead atoms. The van der Waals surface area contributed by atoms with Crippen molar-refractivity contribution in [2.24, 2.45) is 5.92 Å². The van der Waals surface area contributed by atoms with E-state index in [1.807, 2.05) is 38.1 Å². The highest BCUT2D eigenvalue weighted by atomic mass is 16.5. The number of carbonyl (C=O) groups excluding carboxylic acids is 1. The minimum Gasteiger partial charge on any atom is -0.489 e. The summed E-state index contributed by atoms with van der Waals surface area (Å²) < 4.78 is 5.74. The van der Waals surface area contributed by atoms with E-state index >= 15 is 0 Å². The quantitative estimate of drug-likeness (QED) is 0.887. The number of anilines is 1. The normalized spacial score (nSPS) is 27.9. The number of benzene rings is 1. The zero-order valence-electron chi connectivity index (χ0n) is 12.1. The summed E-state index contributed by atoms with van der Waals surface area (Å²) in [6, 6.07) is 8.54. The number of rotatable bonds is 4. The monoisotopic (exact) mass is 274 g/mol. The SMILES string of the molecule is CC(C)Oc1ccccc1NC(=O)C1CC2CCC1N2. The van der Waals surface area contributed by atoms with Crippen LogP contribution in [0.25, 0.3) is 0 Å². The fourth-order valence-electron chi connectivity index (χ4n) is 3.27. The number of para-hydroxylation sites is 2. The van der Waals surface area contributed by atoms with Crippen LogP contribution in [0.15, 0.2) is 24.3 Å². The highest BCUT2D eigenvalue weighted by Gasteiger charge is 2.42. The summed E-state index contributed by atoms with van der Waals surface area (Å²) in [5.74, 6) is 0.956. The predicted molar refractivity (Wildman–Crippen MR) is 78.9 cm³/mol. The number of nitrogens with one attached hydrogen (secondary N) is 2. The zero-order valence-corrected chi connectivity index (χ0v) is 12.1. The summed E-state index contributed by atoms with van der Waals surface area (Å²) in [5, 5.41) is 6.54. The van der Waals surface area contributed by atoms with Crippen LogP contribution < -0.4 is 15.4 Å². The molecule has 1 aromatic rings. The summed E-state index contributed by atoms with van der Waals surface area (Å²) in [5.41, 5.74) is 0.772. The fraction of sp³-hybridized carbons (Fsp3) is 0.562. The van der Waals surface area contributed by atoms with Gasteiger partial charge in [0.2, 0.25) is 5.91 Å². The molecule has 2 N–H and O–H groups in total. The maximum Gasteiger partial charge on any atom is 0.229 e. The number of hydrogen-bond acceptors (Lipinski definition) is 3. The van der Waals surface area contributed by atoms with Gasteiger partial charge in [0.15, 0.2) is 0 Å². The summed E-state index contributed by atoms with van der Waals surface area (Å²) in [7, 11) is 0. The predicted octanol–water partition coefficient (Wildman–Crippen LogP) is 2.55. The van der Waals surface area contributed by atoms with Crippen LogP contribution in [0, 0.1) is 5.92 Å². The number of amides is 1. The van der Waals surface area contributed by atoms with Crippen molar-refractivity contribution in [3.8, 4) is 5.75 Å². The van der Waals surface area contributed by atoms with Crippen LogP contribution in [0.4, 0.5) is 5.69 Å². The molecule has 0 radical (unpaired) electrons. The molecular weight excluding hydrogens is 252 g/mol. The Morgan fingerprint density at radius 1 is 1.35 bits per heavy atom. The molecule has 1 aromatic carbocycles. The Kier molecular flexibility index (Phi) is 3.66. The second-order valence-electron chi connectivity index (χ2n) is 6.04. The molecule has 1 amide bonds. The summed E-state index contributed by atoms with van der Waals surface area (Å²) in [4.78, 5) is 12.4. The van der Waals surface area contributed by atoms with Crippen molar-refractivity contribution in [3.05, 3.63) is 24.3 Å². The zero-order chi connectivity index (χ0) is 14.1. The highest BCUT2D eigenvalue weighted by molar-refractivity contribution is 5.94. The Morgan fingerprint density at radius 2 is 2.15 bits per heavy atom. The topological polar surface area (TPSA) is 50.4 Å². The van der Waals surface area contributed by atoms with Crippen molar-refractivity contribution in [2.45, 2.75) is 51.3 Å². The summed E-state index contributed by atoms with van der Waals surface area (Å²) in [6.45, 7) is 3.97.